The van der Waals surface area contributed by atoms with Crippen LogP contribution >= 0.6 is 11.6 Å². The molecule has 26 heavy (non-hydrogen) atoms. The van der Waals surface area contributed by atoms with Crippen LogP contribution in [0.4, 0.5) is 0 Å². The zero-order valence-electron chi connectivity index (χ0n) is 14.4. The SMILES string of the molecule is O=C(OCc1cc(Cl)c2nccn2c1)c1cccc(CN2CCCC2)c1. The van der Waals surface area contributed by atoms with Crippen LogP contribution in [-0.2, 0) is 17.9 Å². The van der Waals surface area contributed by atoms with Gasteiger partial charge in [0, 0.05) is 30.7 Å². The molecule has 1 aliphatic heterocycles. The van der Waals surface area contributed by atoms with E-state index in [4.69, 9.17) is 16.3 Å². The highest BCUT2D eigenvalue weighted by Crippen LogP contribution is 2.19. The zero-order valence-corrected chi connectivity index (χ0v) is 15.2. The predicted molar refractivity (Wildman–Crippen MR) is 100 cm³/mol. The first kappa shape index (κ1) is 17.1. The fourth-order valence-corrected chi connectivity index (χ4v) is 3.64. The van der Waals surface area contributed by atoms with Crippen molar-refractivity contribution in [3.05, 3.63) is 70.6 Å². The van der Waals surface area contributed by atoms with Gasteiger partial charge in [-0.15, -0.1) is 0 Å². The molecule has 0 N–H and O–H groups in total. The van der Waals surface area contributed by atoms with Gasteiger partial charge in [-0.05, 0) is 49.7 Å². The van der Waals surface area contributed by atoms with Gasteiger partial charge in [0.2, 0.25) is 0 Å². The highest BCUT2D eigenvalue weighted by molar-refractivity contribution is 6.33. The maximum Gasteiger partial charge on any atom is 0.338 e. The third kappa shape index (κ3) is 3.74. The molecule has 0 spiro atoms. The van der Waals surface area contributed by atoms with Gasteiger partial charge in [0.1, 0.15) is 6.61 Å². The summed E-state index contributed by atoms with van der Waals surface area (Å²) >= 11 is 6.21. The number of likely N-dealkylation sites (tertiary alicyclic amines) is 1. The van der Waals surface area contributed by atoms with Gasteiger partial charge in [-0.25, -0.2) is 9.78 Å². The van der Waals surface area contributed by atoms with Gasteiger partial charge in [0.05, 0.1) is 10.6 Å². The molecular weight excluding hydrogens is 350 g/mol. The van der Waals surface area contributed by atoms with Crippen molar-refractivity contribution in [1.82, 2.24) is 14.3 Å². The number of halogens is 1. The lowest BCUT2D eigenvalue weighted by Gasteiger charge is -2.15. The van der Waals surface area contributed by atoms with Gasteiger partial charge in [-0.3, -0.25) is 4.90 Å². The normalized spacial score (nSPS) is 14.8. The lowest BCUT2D eigenvalue weighted by atomic mass is 10.1. The molecule has 1 saturated heterocycles. The molecule has 3 aromatic rings. The van der Waals surface area contributed by atoms with Gasteiger partial charge in [-0.2, -0.15) is 0 Å². The molecule has 0 atom stereocenters. The summed E-state index contributed by atoms with van der Waals surface area (Å²) in [6.07, 6.45) is 7.87. The van der Waals surface area contributed by atoms with E-state index in [0.717, 1.165) is 30.8 Å². The highest BCUT2D eigenvalue weighted by Gasteiger charge is 2.14. The van der Waals surface area contributed by atoms with E-state index in [1.165, 1.54) is 12.8 Å². The van der Waals surface area contributed by atoms with E-state index in [0.29, 0.717) is 16.2 Å². The van der Waals surface area contributed by atoms with Gasteiger partial charge >= 0.3 is 5.97 Å². The number of ether oxygens (including phenoxy) is 1. The molecule has 1 fully saturated rings. The number of aromatic nitrogens is 2. The standard InChI is InChI=1S/C20H20ClN3O2/c21-18-11-16(13-24-9-6-22-19(18)24)14-26-20(25)17-5-3-4-15(10-17)12-23-7-1-2-8-23/h3-6,9-11,13H,1-2,7-8,12,14H2. The second kappa shape index (κ2) is 7.48. The Kier molecular flexibility index (Phi) is 4.91. The maximum atomic E-state index is 12.4. The first-order chi connectivity index (χ1) is 12.7. The number of esters is 1. The van der Waals surface area contributed by atoms with Crippen molar-refractivity contribution >= 4 is 23.2 Å². The number of carbonyl (C=O) groups excluding carboxylic acids is 1. The average molecular weight is 370 g/mol. The van der Waals surface area contributed by atoms with Crippen LogP contribution in [0.2, 0.25) is 5.02 Å². The molecule has 4 rings (SSSR count). The van der Waals surface area contributed by atoms with Crippen molar-refractivity contribution in [2.75, 3.05) is 13.1 Å². The van der Waals surface area contributed by atoms with E-state index in [9.17, 15) is 4.79 Å². The Morgan fingerprint density at radius 1 is 1.19 bits per heavy atom. The summed E-state index contributed by atoms with van der Waals surface area (Å²) in [5.74, 6) is -0.324. The van der Waals surface area contributed by atoms with Gasteiger partial charge < -0.3 is 9.14 Å². The molecule has 0 amide bonds. The van der Waals surface area contributed by atoms with E-state index < -0.39 is 0 Å². The van der Waals surface area contributed by atoms with Crippen molar-refractivity contribution < 1.29 is 9.53 Å². The Hall–Kier alpha value is -2.37. The van der Waals surface area contributed by atoms with Crippen LogP contribution in [-0.4, -0.2) is 33.3 Å². The van der Waals surface area contributed by atoms with Crippen LogP contribution in [0.1, 0.15) is 34.3 Å². The van der Waals surface area contributed by atoms with E-state index >= 15 is 0 Å². The fraction of sp³-hybridized carbons (Fsp3) is 0.300. The monoisotopic (exact) mass is 369 g/mol. The van der Waals surface area contributed by atoms with Crippen molar-refractivity contribution in [3.8, 4) is 0 Å². The molecule has 0 unspecified atom stereocenters. The van der Waals surface area contributed by atoms with Crippen molar-refractivity contribution in [2.45, 2.75) is 26.0 Å². The number of nitrogens with zero attached hydrogens (tertiary/aromatic N) is 3. The predicted octanol–water partition coefficient (Wildman–Crippen LogP) is 3.94. The molecule has 6 heteroatoms. The zero-order chi connectivity index (χ0) is 17.9. The third-order valence-corrected chi connectivity index (χ3v) is 4.91. The molecular formula is C20H20ClN3O2. The number of imidazole rings is 1. The van der Waals surface area contributed by atoms with Crippen LogP contribution in [0, 0.1) is 0 Å². The van der Waals surface area contributed by atoms with Crippen LogP contribution < -0.4 is 0 Å². The Balaban J connectivity index is 1.42. The third-order valence-electron chi connectivity index (χ3n) is 4.64. The fourth-order valence-electron chi connectivity index (χ4n) is 3.35. The molecule has 0 saturated carbocycles. The number of fused-ring (bicyclic) bond motifs is 1. The van der Waals surface area contributed by atoms with Crippen LogP contribution in [0.15, 0.2) is 48.9 Å². The minimum Gasteiger partial charge on any atom is -0.457 e. The van der Waals surface area contributed by atoms with E-state index in [1.54, 1.807) is 18.3 Å². The summed E-state index contributed by atoms with van der Waals surface area (Å²) in [6.45, 7) is 3.31. The minimum atomic E-state index is -0.324. The Bertz CT molecular complexity index is 932. The molecule has 0 bridgehead atoms. The summed E-state index contributed by atoms with van der Waals surface area (Å²) in [6, 6.07) is 9.47. The average Bonchev–Trinajstić information content (AvgIpc) is 3.32. The Morgan fingerprint density at radius 3 is 2.88 bits per heavy atom. The molecule has 3 heterocycles. The molecule has 1 aliphatic rings. The Morgan fingerprint density at radius 2 is 2.04 bits per heavy atom. The first-order valence-electron chi connectivity index (χ1n) is 8.78. The molecule has 134 valence electrons. The summed E-state index contributed by atoms with van der Waals surface area (Å²) in [5.41, 5.74) is 3.24. The van der Waals surface area contributed by atoms with E-state index in [-0.39, 0.29) is 12.6 Å². The maximum absolute atomic E-state index is 12.4. The summed E-state index contributed by atoms with van der Waals surface area (Å²) < 4.78 is 7.30. The number of hydrogen-bond donors (Lipinski definition) is 0. The summed E-state index contributed by atoms with van der Waals surface area (Å²) in [4.78, 5) is 19.0. The molecule has 5 nitrogen and oxygen atoms in total. The van der Waals surface area contributed by atoms with Crippen LogP contribution in [0.5, 0.6) is 0 Å². The lowest BCUT2D eigenvalue weighted by Crippen LogP contribution is -2.18. The molecule has 2 aromatic heterocycles. The number of pyridine rings is 1. The minimum absolute atomic E-state index is 0.170. The van der Waals surface area contributed by atoms with Crippen molar-refractivity contribution in [1.29, 1.82) is 0 Å². The lowest BCUT2D eigenvalue weighted by molar-refractivity contribution is 0.0472. The number of hydrogen-bond acceptors (Lipinski definition) is 4. The van der Waals surface area contributed by atoms with Crippen LogP contribution in [0.25, 0.3) is 5.65 Å². The quantitative estimate of drug-likeness (QED) is 0.639. The van der Waals surface area contributed by atoms with Crippen molar-refractivity contribution in [3.63, 3.8) is 0 Å². The van der Waals surface area contributed by atoms with Gasteiger partial charge in [0.25, 0.3) is 0 Å². The first-order valence-corrected chi connectivity index (χ1v) is 9.16. The van der Waals surface area contributed by atoms with E-state index in [2.05, 4.69) is 16.0 Å². The van der Waals surface area contributed by atoms with Gasteiger partial charge in [0.15, 0.2) is 5.65 Å². The largest absolute Gasteiger partial charge is 0.457 e. The van der Waals surface area contributed by atoms with Crippen LogP contribution in [0.3, 0.4) is 0 Å². The number of carbonyl (C=O) groups is 1. The molecule has 0 radical (unpaired) electrons. The highest BCUT2D eigenvalue weighted by atomic mass is 35.5. The second-order valence-electron chi connectivity index (χ2n) is 6.61. The van der Waals surface area contributed by atoms with E-state index in [1.807, 2.05) is 28.9 Å². The molecule has 1 aromatic carbocycles. The Labute approximate surface area is 157 Å². The number of rotatable bonds is 5. The smallest absolute Gasteiger partial charge is 0.338 e. The number of benzene rings is 1. The summed E-state index contributed by atoms with van der Waals surface area (Å²) in [5, 5.41) is 0.538. The molecule has 0 aliphatic carbocycles. The topological polar surface area (TPSA) is 46.8 Å². The van der Waals surface area contributed by atoms with Crippen molar-refractivity contribution in [2.24, 2.45) is 0 Å². The summed E-state index contributed by atoms with van der Waals surface area (Å²) in [7, 11) is 0. The van der Waals surface area contributed by atoms with Gasteiger partial charge in [-0.1, -0.05) is 23.7 Å². The second-order valence-corrected chi connectivity index (χ2v) is 7.02.